The standard InChI is InChI=1S/C73H126O12/c1-4-7-10-13-16-19-22-25-28-31-33-36-38-41-44-47-50-53-56-59-65(74)81-62-64(83-66(75)60-57-54-51-48-45-42-39-35-30-27-24-21-18-15-12-9-6-3)63-82-73-71(69(78)68(77)70(85-73)72(79)80)84-67(76)61-58-55-52-49-46-43-40-37-34-32-29-26-23-20-17-14-11-8-5-2/h9,12,17-18,20-21,26-27,29-30,39,42,64,68-71,73,77-78H,4-8,10-11,13-16,19,22-25,28,31-38,40-41,43-63H2,1-3H3,(H,79,80)/b12-9-,20-17-,21-18-,29-26-,30-27-,42-39-. The van der Waals surface area contributed by atoms with Crippen molar-refractivity contribution < 1.29 is 58.2 Å². The molecule has 1 rings (SSSR count). The molecule has 1 aliphatic rings. The highest BCUT2D eigenvalue weighted by Gasteiger charge is 2.50. The van der Waals surface area contributed by atoms with Gasteiger partial charge in [-0.2, -0.15) is 0 Å². The van der Waals surface area contributed by atoms with Crippen molar-refractivity contribution in [2.75, 3.05) is 13.2 Å². The van der Waals surface area contributed by atoms with Crippen LogP contribution in [0.5, 0.6) is 0 Å². The molecule has 12 nitrogen and oxygen atoms in total. The molecule has 3 N–H and O–H groups in total. The largest absolute Gasteiger partial charge is 0.479 e. The van der Waals surface area contributed by atoms with Crippen LogP contribution in [-0.4, -0.2) is 89.2 Å². The van der Waals surface area contributed by atoms with E-state index >= 15 is 0 Å². The van der Waals surface area contributed by atoms with Crippen LogP contribution in [0.15, 0.2) is 72.9 Å². The highest BCUT2D eigenvalue weighted by molar-refractivity contribution is 5.74. The Labute approximate surface area is 518 Å². The summed E-state index contributed by atoms with van der Waals surface area (Å²) < 4.78 is 28.6. The summed E-state index contributed by atoms with van der Waals surface area (Å²) in [6, 6.07) is 0. The first kappa shape index (κ1) is 79.2. The molecule has 85 heavy (non-hydrogen) atoms. The number of esters is 3. The van der Waals surface area contributed by atoms with Crippen molar-refractivity contribution in [3.63, 3.8) is 0 Å². The van der Waals surface area contributed by atoms with Crippen molar-refractivity contribution in [2.24, 2.45) is 0 Å². The van der Waals surface area contributed by atoms with Gasteiger partial charge in [0.2, 0.25) is 0 Å². The van der Waals surface area contributed by atoms with Gasteiger partial charge in [-0.15, -0.1) is 0 Å². The van der Waals surface area contributed by atoms with Crippen LogP contribution < -0.4 is 0 Å². The summed E-state index contributed by atoms with van der Waals surface area (Å²) in [5.41, 5.74) is 0. The van der Waals surface area contributed by atoms with Gasteiger partial charge in [0.15, 0.2) is 24.6 Å². The molecule has 0 saturated carbocycles. The predicted molar refractivity (Wildman–Crippen MR) is 349 cm³/mol. The van der Waals surface area contributed by atoms with Crippen LogP contribution in [-0.2, 0) is 42.9 Å². The normalized spacial score (nSPS) is 17.9. The molecular weight excluding hydrogens is 1070 g/mol. The summed E-state index contributed by atoms with van der Waals surface area (Å²) in [7, 11) is 0. The average molecular weight is 1200 g/mol. The van der Waals surface area contributed by atoms with Crippen LogP contribution in [0.2, 0.25) is 0 Å². The summed E-state index contributed by atoms with van der Waals surface area (Å²) >= 11 is 0. The van der Waals surface area contributed by atoms with Crippen molar-refractivity contribution in [3.05, 3.63) is 72.9 Å². The third kappa shape index (κ3) is 49.8. The van der Waals surface area contributed by atoms with Crippen molar-refractivity contribution in [3.8, 4) is 0 Å². The van der Waals surface area contributed by atoms with Crippen molar-refractivity contribution in [2.45, 2.75) is 353 Å². The average Bonchev–Trinajstić information content (AvgIpc) is 3.53. The van der Waals surface area contributed by atoms with Crippen LogP contribution in [0.1, 0.15) is 316 Å². The van der Waals surface area contributed by atoms with E-state index in [0.29, 0.717) is 19.3 Å². The van der Waals surface area contributed by atoms with Crippen LogP contribution in [0.3, 0.4) is 0 Å². The number of ether oxygens (including phenoxy) is 5. The number of hydrogen-bond donors (Lipinski definition) is 3. The summed E-state index contributed by atoms with van der Waals surface area (Å²) in [6.07, 6.45) is 65.7. The minimum atomic E-state index is -1.91. The molecule has 1 heterocycles. The summed E-state index contributed by atoms with van der Waals surface area (Å²) in [4.78, 5) is 51.5. The smallest absolute Gasteiger partial charge is 0.335 e. The van der Waals surface area contributed by atoms with E-state index in [2.05, 4.69) is 93.7 Å². The van der Waals surface area contributed by atoms with Crippen molar-refractivity contribution >= 4 is 23.9 Å². The number of allylic oxidation sites excluding steroid dienone is 12. The highest BCUT2D eigenvalue weighted by atomic mass is 16.7. The number of carbonyl (C=O) groups is 4. The van der Waals surface area contributed by atoms with Gasteiger partial charge in [0.25, 0.3) is 0 Å². The number of carboxylic acid groups (broad SMARTS) is 1. The van der Waals surface area contributed by atoms with E-state index in [9.17, 15) is 34.5 Å². The lowest BCUT2D eigenvalue weighted by molar-refractivity contribution is -0.301. The van der Waals surface area contributed by atoms with Crippen LogP contribution in [0.25, 0.3) is 0 Å². The maximum atomic E-state index is 13.2. The predicted octanol–water partition coefficient (Wildman–Crippen LogP) is 19.2. The Hall–Kier alpha value is -3.84. The molecule has 1 saturated heterocycles. The number of aliphatic carboxylic acids is 1. The number of carboxylic acids is 1. The van der Waals surface area contributed by atoms with Gasteiger partial charge >= 0.3 is 23.9 Å². The molecule has 0 radical (unpaired) electrons. The molecule has 1 fully saturated rings. The summed E-state index contributed by atoms with van der Waals surface area (Å²) in [6.45, 7) is 5.89. The zero-order valence-corrected chi connectivity index (χ0v) is 54.3. The van der Waals surface area contributed by atoms with E-state index in [1.54, 1.807) is 0 Å². The molecule has 0 aromatic carbocycles. The first-order chi connectivity index (χ1) is 41.6. The topological polar surface area (TPSA) is 175 Å². The second-order valence-electron chi connectivity index (χ2n) is 23.8. The van der Waals surface area contributed by atoms with E-state index < -0.39 is 67.3 Å². The summed E-state index contributed by atoms with van der Waals surface area (Å²) in [5, 5.41) is 31.7. The van der Waals surface area contributed by atoms with E-state index in [4.69, 9.17) is 23.7 Å². The second-order valence-corrected chi connectivity index (χ2v) is 23.8. The number of carbonyl (C=O) groups excluding carboxylic acids is 3. The van der Waals surface area contributed by atoms with Gasteiger partial charge in [0, 0.05) is 19.3 Å². The maximum Gasteiger partial charge on any atom is 0.335 e. The Morgan fingerprint density at radius 3 is 1.15 bits per heavy atom. The van der Waals surface area contributed by atoms with Gasteiger partial charge in [0.1, 0.15) is 18.8 Å². The third-order valence-electron chi connectivity index (χ3n) is 15.8. The lowest BCUT2D eigenvalue weighted by Gasteiger charge is -2.40. The molecular formula is C73H126O12. The Kier molecular flexibility index (Phi) is 56.3. The lowest BCUT2D eigenvalue weighted by Crippen LogP contribution is -2.61. The highest BCUT2D eigenvalue weighted by Crippen LogP contribution is 2.27. The lowest BCUT2D eigenvalue weighted by atomic mass is 9.98. The van der Waals surface area contributed by atoms with Gasteiger partial charge in [0.05, 0.1) is 6.61 Å². The van der Waals surface area contributed by atoms with Crippen molar-refractivity contribution in [1.29, 1.82) is 0 Å². The fraction of sp³-hybridized carbons (Fsp3) is 0.781. The van der Waals surface area contributed by atoms with Crippen LogP contribution in [0.4, 0.5) is 0 Å². The van der Waals surface area contributed by atoms with Gasteiger partial charge < -0.3 is 39.0 Å². The zero-order chi connectivity index (χ0) is 61.7. The third-order valence-corrected chi connectivity index (χ3v) is 15.8. The van der Waals surface area contributed by atoms with Crippen LogP contribution in [0, 0.1) is 0 Å². The molecule has 0 bridgehead atoms. The SMILES string of the molecule is CC/C=C\C/C=C\C/C=C\C/C=C\CCCCCCC(=O)OC(COC(=O)CCCCCCCCCCCCCCCCCCCCC)COC1OC(C(=O)O)C(O)C(O)C1OC(=O)CCCCCCCCCCC/C=C\C/C=C\CCCCC. The molecule has 0 spiro atoms. The number of aliphatic hydroxyl groups excluding tert-OH is 2. The quantitative estimate of drug-likeness (QED) is 0.0228. The molecule has 0 amide bonds. The van der Waals surface area contributed by atoms with E-state index in [1.165, 1.54) is 148 Å². The van der Waals surface area contributed by atoms with E-state index in [1.807, 2.05) is 0 Å². The minimum absolute atomic E-state index is 0.0523. The Balaban J connectivity index is 2.64. The molecule has 490 valence electrons. The first-order valence-corrected chi connectivity index (χ1v) is 34.9. The Morgan fingerprint density at radius 1 is 0.400 bits per heavy atom. The van der Waals surface area contributed by atoms with E-state index in [-0.39, 0.29) is 25.9 Å². The monoisotopic (exact) mass is 1190 g/mol. The van der Waals surface area contributed by atoms with E-state index in [0.717, 1.165) is 109 Å². The van der Waals surface area contributed by atoms with Crippen LogP contribution >= 0.6 is 0 Å². The number of rotatable bonds is 60. The molecule has 6 unspecified atom stereocenters. The molecule has 6 atom stereocenters. The molecule has 0 aromatic heterocycles. The molecule has 0 aromatic rings. The number of aliphatic hydroxyl groups is 2. The van der Waals surface area contributed by atoms with Crippen molar-refractivity contribution in [1.82, 2.24) is 0 Å². The molecule has 0 aliphatic carbocycles. The summed E-state index contributed by atoms with van der Waals surface area (Å²) in [5.74, 6) is -3.13. The first-order valence-electron chi connectivity index (χ1n) is 34.9. The number of hydrogen-bond acceptors (Lipinski definition) is 11. The van der Waals surface area contributed by atoms with Gasteiger partial charge in [-0.25, -0.2) is 4.79 Å². The van der Waals surface area contributed by atoms with Gasteiger partial charge in [-0.3, -0.25) is 14.4 Å². The fourth-order valence-corrected chi connectivity index (χ4v) is 10.5. The molecule has 12 heteroatoms. The fourth-order valence-electron chi connectivity index (χ4n) is 10.5. The van der Waals surface area contributed by atoms with Gasteiger partial charge in [-0.1, -0.05) is 280 Å². The Morgan fingerprint density at radius 2 is 0.741 bits per heavy atom. The second kappa shape index (κ2) is 60.4. The Bertz CT molecular complexity index is 1750. The maximum absolute atomic E-state index is 13.2. The zero-order valence-electron chi connectivity index (χ0n) is 54.3. The van der Waals surface area contributed by atoms with Gasteiger partial charge in [-0.05, 0) is 89.9 Å². The molecule has 1 aliphatic heterocycles. The minimum Gasteiger partial charge on any atom is -0.479 e. The number of unbranched alkanes of at least 4 members (excludes halogenated alkanes) is 34.